The van der Waals surface area contributed by atoms with E-state index in [2.05, 4.69) is 10.3 Å². The van der Waals surface area contributed by atoms with Crippen molar-refractivity contribution in [1.29, 1.82) is 0 Å². The number of phenols is 1. The van der Waals surface area contributed by atoms with Gasteiger partial charge >= 0.3 is 5.97 Å². The zero-order chi connectivity index (χ0) is 21.9. The van der Waals surface area contributed by atoms with Crippen molar-refractivity contribution in [3.8, 4) is 11.5 Å². The lowest BCUT2D eigenvalue weighted by Gasteiger charge is -2.13. The third-order valence-electron chi connectivity index (χ3n) is 4.61. The lowest BCUT2D eigenvalue weighted by molar-refractivity contribution is -0.118. The molecule has 7 nitrogen and oxygen atoms in total. The number of carbonyl (C=O) groups excluding carboxylic acids is 2. The summed E-state index contributed by atoms with van der Waals surface area (Å²) in [6, 6.07) is 8.69. The number of hydrogen-bond donors (Lipinski definition) is 2. The van der Waals surface area contributed by atoms with Gasteiger partial charge in [0.1, 0.15) is 41.9 Å². The molecule has 162 valence electrons. The van der Waals surface area contributed by atoms with Crippen LogP contribution in [0.15, 0.2) is 54.8 Å². The fraction of sp³-hybridized carbons (Fsp3) is 0.292. The van der Waals surface area contributed by atoms with Crippen LogP contribution in [0.5, 0.6) is 11.5 Å². The summed E-state index contributed by atoms with van der Waals surface area (Å²) in [7, 11) is 0. The molecule has 2 heterocycles. The number of esters is 1. The fourth-order valence-corrected chi connectivity index (χ4v) is 3.08. The van der Waals surface area contributed by atoms with Crippen molar-refractivity contribution in [2.75, 3.05) is 25.1 Å². The summed E-state index contributed by atoms with van der Waals surface area (Å²) >= 11 is 0. The van der Waals surface area contributed by atoms with Crippen LogP contribution in [0.4, 0.5) is 5.82 Å². The van der Waals surface area contributed by atoms with E-state index < -0.39 is 5.97 Å². The van der Waals surface area contributed by atoms with Gasteiger partial charge in [0.05, 0.1) is 6.54 Å². The van der Waals surface area contributed by atoms with Crippen LogP contribution in [-0.2, 0) is 9.53 Å². The molecular formula is C24H26N2O5. The number of allylic oxidation sites excluding steroid dienone is 2. The van der Waals surface area contributed by atoms with E-state index in [4.69, 9.17) is 9.47 Å². The minimum Gasteiger partial charge on any atom is -0.507 e. The Balaban J connectivity index is 1.71. The van der Waals surface area contributed by atoms with E-state index in [1.165, 1.54) is 6.07 Å². The topological polar surface area (TPSA) is 97.8 Å². The van der Waals surface area contributed by atoms with E-state index in [0.29, 0.717) is 43.7 Å². The molecule has 0 saturated carbocycles. The molecule has 3 rings (SSSR count). The maximum atomic E-state index is 12.5. The number of aromatic nitrogens is 1. The second kappa shape index (κ2) is 11.5. The van der Waals surface area contributed by atoms with Gasteiger partial charge in [-0.3, -0.25) is 4.79 Å². The highest BCUT2D eigenvalue weighted by molar-refractivity contribution is 5.97. The number of ketones is 1. The number of aromatic hydroxyl groups is 1. The Kier molecular flexibility index (Phi) is 8.22. The van der Waals surface area contributed by atoms with Gasteiger partial charge in [-0.2, -0.15) is 0 Å². The molecule has 1 aliphatic heterocycles. The zero-order valence-electron chi connectivity index (χ0n) is 17.3. The number of benzene rings is 1. The van der Waals surface area contributed by atoms with Gasteiger partial charge in [-0.25, -0.2) is 9.78 Å². The summed E-state index contributed by atoms with van der Waals surface area (Å²) in [5, 5.41) is 13.6. The lowest BCUT2D eigenvalue weighted by Crippen LogP contribution is -2.13. The Labute approximate surface area is 181 Å². The van der Waals surface area contributed by atoms with Crippen LogP contribution in [0.3, 0.4) is 0 Å². The summed E-state index contributed by atoms with van der Waals surface area (Å²) < 4.78 is 11.0. The molecule has 0 unspecified atom stereocenters. The summed E-state index contributed by atoms with van der Waals surface area (Å²) in [6.07, 6.45) is 10.9. The van der Waals surface area contributed by atoms with E-state index in [1.807, 2.05) is 24.3 Å². The molecule has 1 aromatic carbocycles. The number of carbonyl (C=O) groups is 2. The summed E-state index contributed by atoms with van der Waals surface area (Å²) in [6.45, 7) is 0.898. The number of nitrogens with one attached hydrogen (secondary N) is 1. The van der Waals surface area contributed by atoms with Gasteiger partial charge in [0.2, 0.25) is 0 Å². The van der Waals surface area contributed by atoms with Crippen molar-refractivity contribution in [2.24, 2.45) is 0 Å². The van der Waals surface area contributed by atoms with Crippen LogP contribution in [0.1, 0.15) is 41.6 Å². The van der Waals surface area contributed by atoms with Gasteiger partial charge in [0.25, 0.3) is 0 Å². The first-order chi connectivity index (χ1) is 15.1. The number of rotatable bonds is 5. The predicted molar refractivity (Wildman–Crippen MR) is 118 cm³/mol. The molecule has 0 bridgehead atoms. The Morgan fingerprint density at radius 2 is 2.06 bits per heavy atom. The standard InChI is InChI=1S/C24H26N2O5/c27-19-9-3-1-2-8-18-16-20(30-15-13-26-22-11-4-6-12-25-22)17-21(28)23(18)24(29)31-14-7-5-10-19/h2,4-8,11-12,16-17,28H,1,3,9-10,13-15H2,(H,25,26). The number of phenolic OH excluding ortho intramolecular Hbond substituents is 1. The van der Waals surface area contributed by atoms with Gasteiger partial charge in [-0.05, 0) is 36.6 Å². The van der Waals surface area contributed by atoms with Crippen LogP contribution < -0.4 is 10.1 Å². The van der Waals surface area contributed by atoms with Crippen molar-refractivity contribution in [1.82, 2.24) is 4.98 Å². The number of hydrogen-bond acceptors (Lipinski definition) is 7. The smallest absolute Gasteiger partial charge is 0.342 e. The molecule has 0 radical (unpaired) electrons. The molecular weight excluding hydrogens is 396 g/mol. The van der Waals surface area contributed by atoms with E-state index in [1.54, 1.807) is 30.5 Å². The Morgan fingerprint density at radius 3 is 2.90 bits per heavy atom. The number of nitrogens with zero attached hydrogens (tertiary/aromatic N) is 1. The second-order valence-corrected chi connectivity index (χ2v) is 7.00. The average molecular weight is 422 g/mol. The number of ether oxygens (including phenoxy) is 2. The highest BCUT2D eigenvalue weighted by atomic mass is 16.5. The minimum absolute atomic E-state index is 0.0339. The Hall–Kier alpha value is -3.61. The fourth-order valence-electron chi connectivity index (χ4n) is 3.08. The van der Waals surface area contributed by atoms with E-state index >= 15 is 0 Å². The van der Waals surface area contributed by atoms with E-state index in [-0.39, 0.29) is 23.7 Å². The molecule has 0 fully saturated rings. The molecule has 7 heteroatoms. The highest BCUT2D eigenvalue weighted by Gasteiger charge is 2.18. The first-order valence-corrected chi connectivity index (χ1v) is 10.3. The number of anilines is 1. The molecule has 2 aromatic rings. The lowest BCUT2D eigenvalue weighted by atomic mass is 10.0. The first kappa shape index (κ1) is 22.1. The van der Waals surface area contributed by atoms with Gasteiger partial charge in [0.15, 0.2) is 0 Å². The van der Waals surface area contributed by atoms with Crippen molar-refractivity contribution in [3.63, 3.8) is 0 Å². The SMILES string of the molecule is O=C1CC=CCOC(=O)c2c(O)cc(OCCNc3ccccn3)cc2C=CCCC1. The van der Waals surface area contributed by atoms with Crippen molar-refractivity contribution < 1.29 is 24.2 Å². The third kappa shape index (κ3) is 6.99. The van der Waals surface area contributed by atoms with Gasteiger partial charge < -0.3 is 19.9 Å². The summed E-state index contributed by atoms with van der Waals surface area (Å²) in [5.74, 6) is 0.504. The molecule has 1 aliphatic rings. The van der Waals surface area contributed by atoms with Gasteiger partial charge in [0, 0.05) is 25.1 Å². The molecule has 2 N–H and O–H groups in total. The summed E-state index contributed by atoms with van der Waals surface area (Å²) in [5.41, 5.74) is 0.599. The van der Waals surface area contributed by atoms with Gasteiger partial charge in [-0.15, -0.1) is 0 Å². The number of Topliss-reactive ketones (excluding diaryl/α,β-unsaturated/α-hetero) is 1. The predicted octanol–water partition coefficient (Wildman–Crippen LogP) is 4.15. The van der Waals surface area contributed by atoms with Crippen molar-refractivity contribution in [2.45, 2.75) is 25.7 Å². The third-order valence-corrected chi connectivity index (χ3v) is 4.61. The molecule has 31 heavy (non-hydrogen) atoms. The maximum absolute atomic E-state index is 12.5. The Bertz CT molecular complexity index is 954. The van der Waals surface area contributed by atoms with E-state index in [9.17, 15) is 14.7 Å². The number of cyclic esters (lactones) is 1. The van der Waals surface area contributed by atoms with Crippen molar-refractivity contribution >= 4 is 23.6 Å². The van der Waals surface area contributed by atoms with Crippen LogP contribution in [-0.4, -0.2) is 41.6 Å². The molecule has 0 saturated heterocycles. The molecule has 0 amide bonds. The monoisotopic (exact) mass is 422 g/mol. The largest absolute Gasteiger partial charge is 0.507 e. The normalized spacial score (nSPS) is 15.0. The van der Waals surface area contributed by atoms with Crippen LogP contribution >= 0.6 is 0 Å². The van der Waals surface area contributed by atoms with Crippen LogP contribution in [0.2, 0.25) is 0 Å². The second-order valence-electron chi connectivity index (χ2n) is 7.00. The molecule has 0 aliphatic carbocycles. The average Bonchev–Trinajstić information content (AvgIpc) is 2.76. The highest BCUT2D eigenvalue weighted by Crippen LogP contribution is 2.30. The Morgan fingerprint density at radius 1 is 1.16 bits per heavy atom. The molecule has 1 aromatic heterocycles. The zero-order valence-corrected chi connectivity index (χ0v) is 17.3. The first-order valence-electron chi connectivity index (χ1n) is 10.3. The van der Waals surface area contributed by atoms with Gasteiger partial charge in [-0.1, -0.05) is 30.4 Å². The number of fused-ring (bicyclic) bond motifs is 1. The van der Waals surface area contributed by atoms with Crippen LogP contribution in [0.25, 0.3) is 6.08 Å². The molecule has 0 atom stereocenters. The quantitative estimate of drug-likeness (QED) is 0.424. The maximum Gasteiger partial charge on any atom is 0.342 e. The van der Waals surface area contributed by atoms with E-state index in [0.717, 1.165) is 12.2 Å². The number of pyridine rings is 1. The minimum atomic E-state index is -0.631. The van der Waals surface area contributed by atoms with Crippen LogP contribution in [0, 0.1) is 0 Å². The molecule has 0 spiro atoms. The van der Waals surface area contributed by atoms with Crippen molar-refractivity contribution in [3.05, 3.63) is 65.9 Å². The summed E-state index contributed by atoms with van der Waals surface area (Å²) in [4.78, 5) is 28.5.